The molecule has 0 saturated heterocycles. The van der Waals surface area contributed by atoms with Gasteiger partial charge in [0.05, 0.1) is 0 Å². The lowest BCUT2D eigenvalue weighted by atomic mass is 10.0. The molecule has 0 saturated carbocycles. The van der Waals surface area contributed by atoms with Crippen LogP contribution < -0.4 is 11.1 Å². The van der Waals surface area contributed by atoms with Crippen molar-refractivity contribution >= 4 is 0 Å². The standard InChI is InChI=1S/C10H14N2/c1-7(11)8-2-3-9-5-12-6-10(9)4-8/h2-4,7,12H,5-6,11H2,1H3/t7-/m1/s1. The molecule has 0 amide bonds. The Morgan fingerprint density at radius 2 is 2.08 bits per heavy atom. The Morgan fingerprint density at radius 1 is 1.33 bits per heavy atom. The van der Waals surface area contributed by atoms with Crippen LogP contribution in [-0.2, 0) is 13.1 Å². The van der Waals surface area contributed by atoms with Gasteiger partial charge >= 0.3 is 0 Å². The van der Waals surface area contributed by atoms with E-state index >= 15 is 0 Å². The fourth-order valence-corrected chi connectivity index (χ4v) is 1.60. The normalized spacial score (nSPS) is 17.5. The first kappa shape index (κ1) is 7.77. The minimum absolute atomic E-state index is 0.149. The Morgan fingerprint density at radius 3 is 2.83 bits per heavy atom. The first-order chi connectivity index (χ1) is 5.77. The molecule has 0 fully saturated rings. The van der Waals surface area contributed by atoms with Gasteiger partial charge in [0.15, 0.2) is 0 Å². The number of benzene rings is 1. The average molecular weight is 162 g/mol. The van der Waals surface area contributed by atoms with Crippen molar-refractivity contribution in [1.82, 2.24) is 5.32 Å². The van der Waals surface area contributed by atoms with Gasteiger partial charge in [-0.15, -0.1) is 0 Å². The van der Waals surface area contributed by atoms with Crippen LogP contribution in [0.2, 0.25) is 0 Å². The molecule has 12 heavy (non-hydrogen) atoms. The van der Waals surface area contributed by atoms with Gasteiger partial charge in [0.2, 0.25) is 0 Å². The Balaban J connectivity index is 2.39. The van der Waals surface area contributed by atoms with Crippen LogP contribution in [0.5, 0.6) is 0 Å². The van der Waals surface area contributed by atoms with Crippen LogP contribution in [-0.4, -0.2) is 0 Å². The van der Waals surface area contributed by atoms with Crippen molar-refractivity contribution < 1.29 is 0 Å². The quantitative estimate of drug-likeness (QED) is 0.653. The van der Waals surface area contributed by atoms with Gasteiger partial charge < -0.3 is 11.1 Å². The molecule has 1 atom stereocenters. The summed E-state index contributed by atoms with van der Waals surface area (Å²) in [6.07, 6.45) is 0. The van der Waals surface area contributed by atoms with E-state index in [9.17, 15) is 0 Å². The highest BCUT2D eigenvalue weighted by atomic mass is 14.9. The van der Waals surface area contributed by atoms with Crippen LogP contribution in [0, 0.1) is 0 Å². The first-order valence-corrected chi connectivity index (χ1v) is 4.35. The maximum atomic E-state index is 5.79. The van der Waals surface area contributed by atoms with E-state index < -0.39 is 0 Å². The second-order valence-corrected chi connectivity index (χ2v) is 3.42. The molecular formula is C10H14N2. The van der Waals surface area contributed by atoms with E-state index in [0.29, 0.717) is 0 Å². The van der Waals surface area contributed by atoms with Crippen LogP contribution in [0.4, 0.5) is 0 Å². The summed E-state index contributed by atoms with van der Waals surface area (Å²) in [5.74, 6) is 0. The van der Waals surface area contributed by atoms with Crippen molar-refractivity contribution in [2.75, 3.05) is 0 Å². The van der Waals surface area contributed by atoms with E-state index in [2.05, 4.69) is 23.5 Å². The Labute approximate surface area is 72.8 Å². The van der Waals surface area contributed by atoms with Gasteiger partial charge in [0.25, 0.3) is 0 Å². The molecular weight excluding hydrogens is 148 g/mol. The van der Waals surface area contributed by atoms with Crippen LogP contribution in [0.25, 0.3) is 0 Å². The van der Waals surface area contributed by atoms with E-state index in [1.165, 1.54) is 16.7 Å². The summed E-state index contributed by atoms with van der Waals surface area (Å²) in [7, 11) is 0. The highest BCUT2D eigenvalue weighted by molar-refractivity contribution is 5.35. The molecule has 0 spiro atoms. The number of nitrogens with two attached hydrogens (primary N) is 1. The molecule has 1 aliphatic heterocycles. The van der Waals surface area contributed by atoms with Crippen molar-refractivity contribution in [3.05, 3.63) is 34.9 Å². The molecule has 2 nitrogen and oxygen atoms in total. The maximum absolute atomic E-state index is 5.79. The Hall–Kier alpha value is -0.860. The van der Waals surface area contributed by atoms with E-state index in [1.807, 2.05) is 6.92 Å². The highest BCUT2D eigenvalue weighted by Crippen LogP contribution is 2.19. The fraction of sp³-hybridized carbons (Fsp3) is 0.400. The molecule has 3 N–H and O–H groups in total. The van der Waals surface area contributed by atoms with Gasteiger partial charge in [-0.25, -0.2) is 0 Å². The monoisotopic (exact) mass is 162 g/mol. The molecule has 0 unspecified atom stereocenters. The van der Waals surface area contributed by atoms with Crippen molar-refractivity contribution in [2.24, 2.45) is 5.73 Å². The Bertz CT molecular complexity index is 292. The summed E-state index contributed by atoms with van der Waals surface area (Å²) >= 11 is 0. The molecule has 0 bridgehead atoms. The SMILES string of the molecule is C[C@@H](N)c1ccc2c(c1)CNC2. The van der Waals surface area contributed by atoms with E-state index in [1.54, 1.807) is 0 Å². The number of fused-ring (bicyclic) bond motifs is 1. The fourth-order valence-electron chi connectivity index (χ4n) is 1.60. The van der Waals surface area contributed by atoms with Crippen molar-refractivity contribution in [1.29, 1.82) is 0 Å². The molecule has 1 aromatic carbocycles. The largest absolute Gasteiger partial charge is 0.324 e. The lowest BCUT2D eigenvalue weighted by molar-refractivity contribution is 0.763. The second-order valence-electron chi connectivity index (χ2n) is 3.42. The molecule has 1 aliphatic rings. The minimum atomic E-state index is 0.149. The van der Waals surface area contributed by atoms with Crippen molar-refractivity contribution in [3.8, 4) is 0 Å². The van der Waals surface area contributed by atoms with Gasteiger partial charge in [-0.3, -0.25) is 0 Å². The van der Waals surface area contributed by atoms with Gasteiger partial charge in [-0.05, 0) is 23.6 Å². The zero-order valence-corrected chi connectivity index (χ0v) is 7.30. The molecule has 64 valence electrons. The molecule has 0 aromatic heterocycles. The highest BCUT2D eigenvalue weighted by Gasteiger charge is 2.10. The van der Waals surface area contributed by atoms with Gasteiger partial charge in [-0.2, -0.15) is 0 Å². The zero-order valence-electron chi connectivity index (χ0n) is 7.30. The maximum Gasteiger partial charge on any atom is 0.0266 e. The second kappa shape index (κ2) is 2.88. The van der Waals surface area contributed by atoms with Crippen LogP contribution in [0.3, 0.4) is 0 Å². The third-order valence-corrected chi connectivity index (χ3v) is 2.39. The van der Waals surface area contributed by atoms with Gasteiger partial charge in [0, 0.05) is 19.1 Å². The van der Waals surface area contributed by atoms with Gasteiger partial charge in [-0.1, -0.05) is 18.2 Å². The third-order valence-electron chi connectivity index (χ3n) is 2.39. The summed E-state index contributed by atoms with van der Waals surface area (Å²) in [5.41, 5.74) is 9.84. The molecule has 2 heteroatoms. The minimum Gasteiger partial charge on any atom is -0.324 e. The van der Waals surface area contributed by atoms with Gasteiger partial charge in [0.1, 0.15) is 0 Å². The number of rotatable bonds is 1. The summed E-state index contributed by atoms with van der Waals surface area (Å²) in [5, 5.41) is 3.31. The smallest absolute Gasteiger partial charge is 0.0266 e. The lowest BCUT2D eigenvalue weighted by Gasteiger charge is -2.06. The summed E-state index contributed by atoms with van der Waals surface area (Å²) < 4.78 is 0. The zero-order chi connectivity index (χ0) is 8.55. The number of hydrogen-bond donors (Lipinski definition) is 2. The molecule has 1 heterocycles. The van der Waals surface area contributed by atoms with E-state index in [0.717, 1.165) is 13.1 Å². The van der Waals surface area contributed by atoms with Crippen molar-refractivity contribution in [3.63, 3.8) is 0 Å². The molecule has 0 radical (unpaired) electrons. The van der Waals surface area contributed by atoms with E-state index in [4.69, 9.17) is 5.73 Å². The molecule has 1 aromatic rings. The average Bonchev–Trinajstić information content (AvgIpc) is 2.49. The number of hydrogen-bond acceptors (Lipinski definition) is 2. The van der Waals surface area contributed by atoms with Crippen LogP contribution in [0.1, 0.15) is 29.7 Å². The van der Waals surface area contributed by atoms with Crippen molar-refractivity contribution in [2.45, 2.75) is 26.1 Å². The first-order valence-electron chi connectivity index (χ1n) is 4.35. The summed E-state index contributed by atoms with van der Waals surface area (Å²) in [6.45, 7) is 4.02. The Kier molecular flexibility index (Phi) is 1.87. The predicted molar refractivity (Wildman–Crippen MR) is 49.6 cm³/mol. The summed E-state index contributed by atoms with van der Waals surface area (Å²) in [4.78, 5) is 0. The lowest BCUT2D eigenvalue weighted by Crippen LogP contribution is -2.05. The third kappa shape index (κ3) is 1.24. The predicted octanol–water partition coefficient (Wildman–Crippen LogP) is 1.31. The van der Waals surface area contributed by atoms with Crippen LogP contribution in [0.15, 0.2) is 18.2 Å². The molecule has 0 aliphatic carbocycles. The summed E-state index contributed by atoms with van der Waals surface area (Å²) in [6, 6.07) is 6.65. The number of nitrogens with one attached hydrogen (secondary N) is 1. The molecule has 2 rings (SSSR count). The topological polar surface area (TPSA) is 38.0 Å². The van der Waals surface area contributed by atoms with E-state index in [-0.39, 0.29) is 6.04 Å². The van der Waals surface area contributed by atoms with Crippen LogP contribution >= 0.6 is 0 Å².